The molecule has 1 aliphatic rings. The van der Waals surface area contributed by atoms with Crippen LogP contribution < -0.4 is 5.73 Å². The lowest BCUT2D eigenvalue weighted by Gasteiger charge is -2.21. The number of aryl methyl sites for hydroxylation is 1. The maximum Gasteiger partial charge on any atom is 0.242 e. The van der Waals surface area contributed by atoms with Gasteiger partial charge >= 0.3 is 0 Å². The summed E-state index contributed by atoms with van der Waals surface area (Å²) < 4.78 is 1.98. The van der Waals surface area contributed by atoms with E-state index < -0.39 is 5.54 Å². The second-order valence-electron chi connectivity index (χ2n) is 5.50. The number of likely N-dealkylation sites (N-methyl/N-ethyl adjacent to an activating group) is 1. The number of aromatic nitrogens is 2. The number of nitrogens with two attached hydrogens (primary N) is 1. The number of rotatable bonds is 3. The van der Waals surface area contributed by atoms with Crippen molar-refractivity contribution >= 4 is 16.9 Å². The van der Waals surface area contributed by atoms with Crippen molar-refractivity contribution in [2.45, 2.75) is 24.9 Å². The predicted molar refractivity (Wildman–Crippen MR) is 73.3 cm³/mol. The summed E-state index contributed by atoms with van der Waals surface area (Å²) in [4.78, 5) is 18.1. The van der Waals surface area contributed by atoms with Crippen molar-refractivity contribution in [3.8, 4) is 0 Å². The van der Waals surface area contributed by atoms with Crippen molar-refractivity contribution in [1.29, 1.82) is 0 Å². The van der Waals surface area contributed by atoms with Crippen LogP contribution in [0.2, 0.25) is 0 Å². The normalized spacial score (nSPS) is 16.6. The van der Waals surface area contributed by atoms with Gasteiger partial charge in [-0.3, -0.25) is 4.79 Å². The maximum absolute atomic E-state index is 12.1. The van der Waals surface area contributed by atoms with Gasteiger partial charge in [-0.05, 0) is 30.5 Å². The number of hydrogen-bond donors (Lipinski definition) is 1. The van der Waals surface area contributed by atoms with Gasteiger partial charge in [-0.25, -0.2) is 4.98 Å². The van der Waals surface area contributed by atoms with Crippen LogP contribution in [0.5, 0.6) is 0 Å². The summed E-state index contributed by atoms with van der Waals surface area (Å²) in [5, 5.41) is 0. The lowest BCUT2D eigenvalue weighted by Crippen LogP contribution is -2.43. The lowest BCUT2D eigenvalue weighted by atomic mass is 10.1. The van der Waals surface area contributed by atoms with Gasteiger partial charge in [0.25, 0.3) is 0 Å². The van der Waals surface area contributed by atoms with E-state index in [-0.39, 0.29) is 5.91 Å². The van der Waals surface area contributed by atoms with Gasteiger partial charge in [0, 0.05) is 20.6 Å². The Labute approximate surface area is 112 Å². The highest BCUT2D eigenvalue weighted by molar-refractivity contribution is 5.89. The molecule has 0 spiro atoms. The summed E-state index contributed by atoms with van der Waals surface area (Å²) in [6.07, 6.45) is 3.40. The van der Waals surface area contributed by atoms with Crippen LogP contribution >= 0.6 is 0 Å². The Morgan fingerprint density at radius 3 is 2.95 bits per heavy atom. The number of hydrogen-bond acceptors (Lipinski definition) is 3. The third-order valence-electron chi connectivity index (χ3n) is 3.77. The minimum absolute atomic E-state index is 0.0358. The first-order chi connectivity index (χ1) is 8.99. The van der Waals surface area contributed by atoms with E-state index in [1.807, 2.05) is 29.8 Å². The van der Waals surface area contributed by atoms with E-state index in [4.69, 9.17) is 5.73 Å². The Bertz CT molecular complexity index is 642. The van der Waals surface area contributed by atoms with Crippen molar-refractivity contribution in [2.75, 3.05) is 7.05 Å². The van der Waals surface area contributed by atoms with E-state index in [0.717, 1.165) is 29.4 Å². The molecule has 19 heavy (non-hydrogen) atoms. The van der Waals surface area contributed by atoms with E-state index in [2.05, 4.69) is 4.98 Å². The van der Waals surface area contributed by atoms with Crippen LogP contribution in [0, 0.1) is 0 Å². The smallest absolute Gasteiger partial charge is 0.242 e. The van der Waals surface area contributed by atoms with Crippen LogP contribution in [0.25, 0.3) is 11.0 Å². The molecular weight excluding hydrogens is 240 g/mol. The Balaban J connectivity index is 1.79. The molecule has 2 N–H and O–H groups in total. The highest BCUT2D eigenvalue weighted by Crippen LogP contribution is 2.34. The average Bonchev–Trinajstić information content (AvgIpc) is 3.04. The molecule has 1 amide bonds. The molecule has 5 heteroatoms. The molecule has 2 aromatic rings. The standard InChI is InChI=1S/C14H18N4O/c1-17(13(19)14(15)5-6-14)8-10-3-4-12-11(7-10)16-9-18(12)2/h3-4,7,9H,5-6,8,15H2,1-2H3. The van der Waals surface area contributed by atoms with Crippen LogP contribution in [0.4, 0.5) is 0 Å². The monoisotopic (exact) mass is 258 g/mol. The third-order valence-corrected chi connectivity index (χ3v) is 3.77. The maximum atomic E-state index is 12.1. The quantitative estimate of drug-likeness (QED) is 0.894. The molecule has 1 fully saturated rings. The van der Waals surface area contributed by atoms with Crippen molar-refractivity contribution in [3.63, 3.8) is 0 Å². The topological polar surface area (TPSA) is 64.2 Å². The zero-order valence-corrected chi connectivity index (χ0v) is 11.3. The predicted octanol–water partition coefficient (Wildman–Crippen LogP) is 1.02. The second-order valence-corrected chi connectivity index (χ2v) is 5.50. The summed E-state index contributed by atoms with van der Waals surface area (Å²) in [5.74, 6) is 0.0358. The fraction of sp³-hybridized carbons (Fsp3) is 0.429. The van der Waals surface area contributed by atoms with Crippen LogP contribution in [0.1, 0.15) is 18.4 Å². The summed E-state index contributed by atoms with van der Waals surface area (Å²) in [7, 11) is 3.77. The van der Waals surface area contributed by atoms with Crippen molar-refractivity contribution in [3.05, 3.63) is 30.1 Å². The Hall–Kier alpha value is -1.88. The minimum atomic E-state index is -0.593. The zero-order chi connectivity index (χ0) is 13.6. The van der Waals surface area contributed by atoms with Crippen LogP contribution in [-0.2, 0) is 18.4 Å². The number of benzene rings is 1. The second kappa shape index (κ2) is 4.06. The van der Waals surface area contributed by atoms with E-state index in [9.17, 15) is 4.79 Å². The van der Waals surface area contributed by atoms with E-state index >= 15 is 0 Å². The molecule has 100 valence electrons. The first kappa shape index (κ1) is 12.2. The summed E-state index contributed by atoms with van der Waals surface area (Å²) >= 11 is 0. The van der Waals surface area contributed by atoms with Crippen molar-refractivity contribution in [1.82, 2.24) is 14.5 Å². The molecule has 0 bridgehead atoms. The fourth-order valence-corrected chi connectivity index (χ4v) is 2.35. The van der Waals surface area contributed by atoms with E-state index in [1.54, 1.807) is 18.3 Å². The molecule has 0 saturated heterocycles. The Kier molecular flexibility index (Phi) is 2.60. The van der Waals surface area contributed by atoms with Gasteiger partial charge in [0.1, 0.15) is 0 Å². The first-order valence-corrected chi connectivity index (χ1v) is 6.44. The van der Waals surface area contributed by atoms with Crippen molar-refractivity contribution < 1.29 is 4.79 Å². The van der Waals surface area contributed by atoms with Gasteiger partial charge in [-0.15, -0.1) is 0 Å². The van der Waals surface area contributed by atoms with Gasteiger partial charge in [-0.2, -0.15) is 0 Å². The fourth-order valence-electron chi connectivity index (χ4n) is 2.35. The number of carbonyl (C=O) groups excluding carboxylic acids is 1. The molecule has 0 atom stereocenters. The number of fused-ring (bicyclic) bond motifs is 1. The molecule has 0 aliphatic heterocycles. The molecule has 1 heterocycles. The highest BCUT2D eigenvalue weighted by atomic mass is 16.2. The molecule has 1 aromatic heterocycles. The number of nitrogens with zero attached hydrogens (tertiary/aromatic N) is 3. The average molecular weight is 258 g/mol. The molecule has 1 aliphatic carbocycles. The van der Waals surface area contributed by atoms with E-state index in [0.29, 0.717) is 6.54 Å². The first-order valence-electron chi connectivity index (χ1n) is 6.44. The number of amides is 1. The lowest BCUT2D eigenvalue weighted by molar-refractivity contribution is -0.132. The number of imidazole rings is 1. The van der Waals surface area contributed by atoms with Crippen molar-refractivity contribution in [2.24, 2.45) is 12.8 Å². The van der Waals surface area contributed by atoms with Gasteiger partial charge in [-0.1, -0.05) is 6.07 Å². The summed E-state index contributed by atoms with van der Waals surface area (Å²) in [5.41, 5.74) is 8.46. The van der Waals surface area contributed by atoms with E-state index in [1.165, 1.54) is 0 Å². The largest absolute Gasteiger partial charge is 0.340 e. The zero-order valence-electron chi connectivity index (χ0n) is 11.3. The molecule has 5 nitrogen and oxygen atoms in total. The Morgan fingerprint density at radius 1 is 1.53 bits per heavy atom. The van der Waals surface area contributed by atoms with Gasteiger partial charge < -0.3 is 15.2 Å². The molecular formula is C14H18N4O. The van der Waals surface area contributed by atoms with Crippen LogP contribution in [0.3, 0.4) is 0 Å². The molecule has 3 rings (SSSR count). The van der Waals surface area contributed by atoms with Crippen LogP contribution in [0.15, 0.2) is 24.5 Å². The molecule has 1 saturated carbocycles. The molecule has 0 unspecified atom stereocenters. The van der Waals surface area contributed by atoms with Gasteiger partial charge in [0.2, 0.25) is 5.91 Å². The summed E-state index contributed by atoms with van der Waals surface area (Å²) in [6.45, 7) is 0.574. The molecule has 0 radical (unpaired) electrons. The Morgan fingerprint density at radius 2 is 2.26 bits per heavy atom. The third kappa shape index (κ3) is 2.10. The molecule has 1 aromatic carbocycles. The highest BCUT2D eigenvalue weighted by Gasteiger charge is 2.47. The SMILES string of the molecule is CN(Cc1ccc2c(c1)ncn2C)C(=O)C1(N)CC1. The van der Waals surface area contributed by atoms with Gasteiger partial charge in [0.05, 0.1) is 22.9 Å². The van der Waals surface area contributed by atoms with Crippen LogP contribution in [-0.4, -0.2) is 32.9 Å². The summed E-state index contributed by atoms with van der Waals surface area (Å²) in [6, 6.07) is 6.09. The minimum Gasteiger partial charge on any atom is -0.340 e. The van der Waals surface area contributed by atoms with Gasteiger partial charge in [0.15, 0.2) is 0 Å². The number of carbonyl (C=O) groups is 1.